The third-order valence-corrected chi connectivity index (χ3v) is 4.98. The van der Waals surface area contributed by atoms with Crippen molar-refractivity contribution >= 4 is 5.69 Å². The van der Waals surface area contributed by atoms with Gasteiger partial charge in [0.05, 0.1) is 17.8 Å². The molecular formula is C17H22N4O. The van der Waals surface area contributed by atoms with Crippen molar-refractivity contribution in [1.29, 1.82) is 0 Å². The maximum absolute atomic E-state index is 6.12. The summed E-state index contributed by atoms with van der Waals surface area (Å²) < 4.78 is 7.85. The number of rotatable bonds is 3. The molecule has 2 heterocycles. The molecule has 116 valence electrons. The first-order chi connectivity index (χ1) is 10.8. The molecule has 0 radical (unpaired) electrons. The first-order valence-electron chi connectivity index (χ1n) is 8.12. The maximum atomic E-state index is 6.12. The lowest BCUT2D eigenvalue weighted by Gasteiger charge is -2.31. The fourth-order valence-electron chi connectivity index (χ4n) is 3.86. The molecule has 1 aliphatic carbocycles. The molecule has 1 atom stereocenters. The van der Waals surface area contributed by atoms with Crippen LogP contribution in [0.1, 0.15) is 32.1 Å². The highest BCUT2D eigenvalue weighted by atomic mass is 16.5. The van der Waals surface area contributed by atoms with Gasteiger partial charge >= 0.3 is 0 Å². The summed E-state index contributed by atoms with van der Waals surface area (Å²) in [6.07, 6.45) is 7.99. The van der Waals surface area contributed by atoms with Crippen LogP contribution in [-0.4, -0.2) is 33.2 Å². The second-order valence-electron chi connectivity index (χ2n) is 6.46. The largest absolute Gasteiger partial charge is 0.379 e. The van der Waals surface area contributed by atoms with Crippen molar-refractivity contribution < 1.29 is 4.74 Å². The van der Waals surface area contributed by atoms with Crippen LogP contribution in [0.15, 0.2) is 30.5 Å². The van der Waals surface area contributed by atoms with Gasteiger partial charge in [-0.2, -0.15) is 0 Å². The minimum absolute atomic E-state index is 0.0720. The molecule has 22 heavy (non-hydrogen) atoms. The predicted octanol–water partition coefficient (Wildman–Crippen LogP) is 3.00. The highest BCUT2D eigenvalue weighted by molar-refractivity contribution is 5.64. The Morgan fingerprint density at radius 1 is 1.32 bits per heavy atom. The van der Waals surface area contributed by atoms with E-state index in [4.69, 9.17) is 4.74 Å². The van der Waals surface area contributed by atoms with Gasteiger partial charge in [0.1, 0.15) is 5.69 Å². The molecule has 1 aromatic carbocycles. The number of nitrogens with zero attached hydrogens (tertiary/aromatic N) is 3. The summed E-state index contributed by atoms with van der Waals surface area (Å²) >= 11 is 0. The Morgan fingerprint density at radius 3 is 2.95 bits per heavy atom. The van der Waals surface area contributed by atoms with E-state index in [0.29, 0.717) is 6.04 Å². The monoisotopic (exact) mass is 298 g/mol. The van der Waals surface area contributed by atoms with Crippen molar-refractivity contribution in [2.75, 3.05) is 11.9 Å². The molecule has 1 unspecified atom stereocenters. The highest BCUT2D eigenvalue weighted by Crippen LogP contribution is 2.42. The topological polar surface area (TPSA) is 52.0 Å². The molecule has 0 amide bonds. The second-order valence-corrected chi connectivity index (χ2v) is 6.46. The standard InChI is InChI=1S/C17H22N4O/c1-21-12-15(19-20-21)13-5-4-6-14(11-13)18-16-7-10-22-17(16)8-2-3-9-17/h4-6,11-12,16,18H,2-3,7-10H2,1H3. The Hall–Kier alpha value is -1.88. The number of aryl methyl sites for hydroxylation is 1. The fourth-order valence-corrected chi connectivity index (χ4v) is 3.86. The van der Waals surface area contributed by atoms with Crippen molar-refractivity contribution in [3.8, 4) is 11.3 Å². The molecule has 1 saturated heterocycles. The lowest BCUT2D eigenvalue weighted by atomic mass is 9.92. The molecule has 2 fully saturated rings. The summed E-state index contributed by atoms with van der Waals surface area (Å²) in [4.78, 5) is 0. The molecule has 5 nitrogen and oxygen atoms in total. The van der Waals surface area contributed by atoms with Gasteiger partial charge in [-0.15, -0.1) is 5.10 Å². The van der Waals surface area contributed by atoms with Gasteiger partial charge in [-0.05, 0) is 31.4 Å². The summed E-state index contributed by atoms with van der Waals surface area (Å²) in [5, 5.41) is 11.9. The zero-order valence-corrected chi connectivity index (χ0v) is 13.0. The van der Waals surface area contributed by atoms with Crippen LogP contribution >= 0.6 is 0 Å². The molecule has 1 saturated carbocycles. The number of ether oxygens (including phenoxy) is 1. The molecule has 2 aliphatic rings. The molecule has 1 aliphatic heterocycles. The lowest BCUT2D eigenvalue weighted by molar-refractivity contribution is 0.00523. The van der Waals surface area contributed by atoms with Crippen LogP contribution in [0.4, 0.5) is 5.69 Å². The lowest BCUT2D eigenvalue weighted by Crippen LogP contribution is -2.41. The van der Waals surface area contributed by atoms with Crippen molar-refractivity contribution in [3.63, 3.8) is 0 Å². The van der Waals surface area contributed by atoms with E-state index < -0.39 is 0 Å². The number of aromatic nitrogens is 3. The van der Waals surface area contributed by atoms with Crippen molar-refractivity contribution in [2.45, 2.75) is 43.7 Å². The maximum Gasteiger partial charge on any atom is 0.113 e. The van der Waals surface area contributed by atoms with Crippen molar-refractivity contribution in [3.05, 3.63) is 30.5 Å². The van der Waals surface area contributed by atoms with Gasteiger partial charge in [-0.25, -0.2) is 0 Å². The zero-order valence-electron chi connectivity index (χ0n) is 13.0. The first-order valence-corrected chi connectivity index (χ1v) is 8.12. The van der Waals surface area contributed by atoms with Gasteiger partial charge < -0.3 is 10.1 Å². The molecule has 0 bridgehead atoms. The van der Waals surface area contributed by atoms with Gasteiger partial charge in [0.25, 0.3) is 0 Å². The van der Waals surface area contributed by atoms with Crippen LogP contribution < -0.4 is 5.32 Å². The third kappa shape index (κ3) is 2.39. The summed E-state index contributed by atoms with van der Waals surface area (Å²) in [5.41, 5.74) is 3.22. The van der Waals surface area contributed by atoms with Gasteiger partial charge in [0.2, 0.25) is 0 Å². The van der Waals surface area contributed by atoms with Gasteiger partial charge in [0.15, 0.2) is 0 Å². The van der Waals surface area contributed by atoms with Crippen LogP contribution in [0, 0.1) is 0 Å². The van der Waals surface area contributed by atoms with Crippen molar-refractivity contribution in [2.24, 2.45) is 7.05 Å². The fraction of sp³-hybridized carbons (Fsp3) is 0.529. The molecule has 1 aromatic heterocycles. The SMILES string of the molecule is Cn1cc(-c2cccc(NC3CCOC34CCCC4)c2)nn1. The number of hydrogen-bond donors (Lipinski definition) is 1. The quantitative estimate of drug-likeness (QED) is 0.946. The van der Waals surface area contributed by atoms with E-state index in [1.54, 1.807) is 4.68 Å². The van der Waals surface area contributed by atoms with E-state index in [1.807, 2.05) is 13.2 Å². The smallest absolute Gasteiger partial charge is 0.113 e. The third-order valence-electron chi connectivity index (χ3n) is 4.98. The zero-order chi connectivity index (χ0) is 15.0. The van der Waals surface area contributed by atoms with E-state index >= 15 is 0 Å². The summed E-state index contributed by atoms with van der Waals surface area (Å²) in [6, 6.07) is 8.85. The number of nitrogens with one attached hydrogen (secondary N) is 1. The summed E-state index contributed by atoms with van der Waals surface area (Å²) in [5.74, 6) is 0. The Labute approximate surface area is 130 Å². The highest BCUT2D eigenvalue weighted by Gasteiger charge is 2.46. The van der Waals surface area contributed by atoms with E-state index in [0.717, 1.165) is 30.0 Å². The Kier molecular flexibility index (Phi) is 3.37. The molecule has 4 rings (SSSR count). The first kappa shape index (κ1) is 13.8. The van der Waals surface area contributed by atoms with E-state index in [9.17, 15) is 0 Å². The number of hydrogen-bond acceptors (Lipinski definition) is 4. The minimum atomic E-state index is 0.0720. The Balaban J connectivity index is 1.56. The summed E-state index contributed by atoms with van der Waals surface area (Å²) in [7, 11) is 1.89. The van der Waals surface area contributed by atoms with Crippen LogP contribution in [0.25, 0.3) is 11.3 Å². The van der Waals surface area contributed by atoms with Crippen LogP contribution in [0.5, 0.6) is 0 Å². The van der Waals surface area contributed by atoms with Crippen LogP contribution in [0.2, 0.25) is 0 Å². The average molecular weight is 298 g/mol. The molecular weight excluding hydrogens is 276 g/mol. The molecule has 2 aromatic rings. The normalized spacial score (nSPS) is 23.2. The molecule has 1 spiro atoms. The van der Waals surface area contributed by atoms with Crippen LogP contribution in [0.3, 0.4) is 0 Å². The van der Waals surface area contributed by atoms with Gasteiger partial charge in [0, 0.05) is 24.9 Å². The van der Waals surface area contributed by atoms with Crippen LogP contribution in [-0.2, 0) is 11.8 Å². The van der Waals surface area contributed by atoms with Gasteiger partial charge in [-0.1, -0.05) is 30.2 Å². The number of anilines is 1. The van der Waals surface area contributed by atoms with E-state index in [2.05, 4.69) is 39.9 Å². The van der Waals surface area contributed by atoms with E-state index in [-0.39, 0.29) is 5.60 Å². The minimum Gasteiger partial charge on any atom is -0.379 e. The summed E-state index contributed by atoms with van der Waals surface area (Å²) in [6.45, 7) is 0.877. The van der Waals surface area contributed by atoms with Crippen molar-refractivity contribution in [1.82, 2.24) is 15.0 Å². The Bertz CT molecular complexity index is 655. The average Bonchev–Trinajstić information content (AvgIpc) is 3.24. The predicted molar refractivity (Wildman–Crippen MR) is 85.6 cm³/mol. The molecule has 1 N–H and O–H groups in total. The molecule has 5 heteroatoms. The number of benzene rings is 1. The van der Waals surface area contributed by atoms with Gasteiger partial charge in [-0.3, -0.25) is 4.68 Å². The Morgan fingerprint density at radius 2 is 2.18 bits per heavy atom. The second kappa shape index (κ2) is 5.39. The van der Waals surface area contributed by atoms with E-state index in [1.165, 1.54) is 25.7 Å².